The fourth-order valence-electron chi connectivity index (χ4n) is 13.1. The first kappa shape index (κ1) is 83.8. The van der Waals surface area contributed by atoms with Gasteiger partial charge < -0.3 is 65.1 Å². The Kier molecular flexibility index (Phi) is 56.9. The van der Waals surface area contributed by atoms with Crippen LogP contribution in [0.1, 0.15) is 367 Å². The minimum atomic E-state index is -1.79. The van der Waals surface area contributed by atoms with Crippen LogP contribution >= 0.6 is 0 Å². The predicted octanol–water partition coefficient (Wildman–Crippen LogP) is 16.5. The van der Waals surface area contributed by atoms with Gasteiger partial charge in [-0.15, -0.1) is 0 Å². The van der Waals surface area contributed by atoms with Crippen molar-refractivity contribution in [2.45, 2.75) is 441 Å². The zero-order chi connectivity index (χ0) is 64.5. The Labute approximate surface area is 546 Å². The summed E-state index contributed by atoms with van der Waals surface area (Å²) in [7, 11) is 0. The second-order valence-electron chi connectivity index (χ2n) is 27.5. The molecular weight excluding hydrogens is 1120 g/mol. The van der Waals surface area contributed by atoms with Crippen molar-refractivity contribution in [1.29, 1.82) is 0 Å². The number of carbonyl (C=O) groups excluding carboxylic acids is 1. The predicted molar refractivity (Wildman–Crippen MR) is 365 cm³/mol. The van der Waals surface area contributed by atoms with E-state index in [9.17, 15) is 45.6 Å². The van der Waals surface area contributed by atoms with Crippen molar-refractivity contribution in [2.24, 2.45) is 0 Å². The molecule has 14 heteroatoms. The molecule has 12 atom stereocenters. The van der Waals surface area contributed by atoms with Crippen LogP contribution in [0, 0.1) is 0 Å². The highest BCUT2D eigenvalue weighted by Gasteiger charge is 2.51. The summed E-state index contributed by atoms with van der Waals surface area (Å²) < 4.78 is 22.9. The number of carbonyl (C=O) groups is 1. The summed E-state index contributed by atoms with van der Waals surface area (Å²) in [6.07, 6.45) is 58.7. The van der Waals surface area contributed by atoms with Crippen LogP contribution in [0.4, 0.5) is 0 Å². The maximum absolute atomic E-state index is 13.3. The molecule has 0 spiro atoms. The molecule has 0 saturated carbocycles. The van der Waals surface area contributed by atoms with Crippen molar-refractivity contribution < 1.29 is 64.6 Å². The van der Waals surface area contributed by atoms with Gasteiger partial charge in [-0.3, -0.25) is 4.79 Å². The third kappa shape index (κ3) is 44.2. The van der Waals surface area contributed by atoms with Gasteiger partial charge in [0.25, 0.3) is 0 Å². The lowest BCUT2D eigenvalue weighted by atomic mass is 9.97. The van der Waals surface area contributed by atoms with Crippen LogP contribution in [0.25, 0.3) is 0 Å². The summed E-state index contributed by atoms with van der Waals surface area (Å²) in [5.41, 5.74) is 0. The van der Waals surface area contributed by atoms with Crippen molar-refractivity contribution in [1.82, 2.24) is 5.32 Å². The summed E-state index contributed by atoms with van der Waals surface area (Å²) >= 11 is 0. The van der Waals surface area contributed by atoms with Crippen LogP contribution in [0.15, 0.2) is 12.2 Å². The van der Waals surface area contributed by atoms with Crippen molar-refractivity contribution >= 4 is 5.91 Å². The van der Waals surface area contributed by atoms with Gasteiger partial charge in [0, 0.05) is 6.42 Å². The summed E-state index contributed by atoms with van der Waals surface area (Å²) in [4.78, 5) is 13.3. The molecule has 12 unspecified atom stereocenters. The summed E-state index contributed by atoms with van der Waals surface area (Å²) in [6.45, 7) is 2.86. The maximum Gasteiger partial charge on any atom is 0.220 e. The van der Waals surface area contributed by atoms with Gasteiger partial charge in [0.1, 0.15) is 48.8 Å². The molecule has 2 heterocycles. The fourth-order valence-corrected chi connectivity index (χ4v) is 13.1. The van der Waals surface area contributed by atoms with Crippen LogP contribution in [0.5, 0.6) is 0 Å². The van der Waals surface area contributed by atoms with E-state index in [0.29, 0.717) is 0 Å². The molecule has 0 aromatic rings. The average Bonchev–Trinajstić information content (AvgIpc) is 1.39. The molecule has 2 fully saturated rings. The fraction of sp³-hybridized carbons (Fsp3) is 0.960. The molecule has 14 nitrogen and oxygen atoms in total. The van der Waals surface area contributed by atoms with E-state index in [0.717, 1.165) is 44.9 Å². The highest BCUT2D eigenvalue weighted by atomic mass is 16.7. The molecule has 0 bridgehead atoms. The molecule has 2 aliphatic heterocycles. The van der Waals surface area contributed by atoms with Gasteiger partial charge in [0.2, 0.25) is 5.91 Å². The molecule has 0 aromatic carbocycles. The van der Waals surface area contributed by atoms with Gasteiger partial charge in [0.05, 0.1) is 32.0 Å². The number of hydrogen-bond donors (Lipinski definition) is 9. The SMILES string of the molecule is CCCCCCCCCCCCCCCCCCC/C=C/C(O)C(COC1OC(CO)C(OC2OC(CO)C(O)C(O)C2O)C(O)C1O)NC(=O)CCCCCCCCCCCCCCCCCCCCCCCCCCCCCCCCCCCCCC. The van der Waals surface area contributed by atoms with E-state index < -0.39 is 86.8 Å². The molecule has 2 saturated heterocycles. The van der Waals surface area contributed by atoms with Crippen LogP contribution in [-0.2, 0) is 23.7 Å². The van der Waals surface area contributed by atoms with E-state index in [1.807, 2.05) is 6.08 Å². The van der Waals surface area contributed by atoms with Gasteiger partial charge >= 0.3 is 0 Å². The second kappa shape index (κ2) is 60.4. The third-order valence-electron chi connectivity index (χ3n) is 19.2. The molecule has 89 heavy (non-hydrogen) atoms. The molecule has 528 valence electrons. The molecule has 0 aliphatic carbocycles. The van der Waals surface area contributed by atoms with E-state index in [1.165, 1.54) is 302 Å². The zero-order valence-corrected chi connectivity index (χ0v) is 57.7. The van der Waals surface area contributed by atoms with E-state index in [4.69, 9.17) is 18.9 Å². The first-order chi connectivity index (χ1) is 43.6. The topological polar surface area (TPSA) is 228 Å². The monoisotopic (exact) mass is 1270 g/mol. The van der Waals surface area contributed by atoms with E-state index in [-0.39, 0.29) is 18.9 Å². The average molecular weight is 1270 g/mol. The molecular formula is C75H145NO13. The van der Waals surface area contributed by atoms with Crippen molar-refractivity contribution in [2.75, 3.05) is 19.8 Å². The highest BCUT2D eigenvalue weighted by molar-refractivity contribution is 5.76. The first-order valence-corrected chi connectivity index (χ1v) is 38.4. The Morgan fingerprint density at radius 3 is 1.03 bits per heavy atom. The first-order valence-electron chi connectivity index (χ1n) is 38.4. The Bertz CT molecular complexity index is 1540. The largest absolute Gasteiger partial charge is 0.394 e. The second-order valence-corrected chi connectivity index (χ2v) is 27.5. The Morgan fingerprint density at radius 2 is 0.697 bits per heavy atom. The number of allylic oxidation sites excluding steroid dienone is 1. The summed E-state index contributed by atoms with van der Waals surface area (Å²) in [5.74, 6) is -0.230. The van der Waals surface area contributed by atoms with Crippen molar-refractivity contribution in [3.05, 3.63) is 12.2 Å². The number of ether oxygens (including phenoxy) is 4. The number of aliphatic hydroxyl groups excluding tert-OH is 8. The van der Waals surface area contributed by atoms with E-state index >= 15 is 0 Å². The number of amides is 1. The summed E-state index contributed by atoms with van der Waals surface area (Å²) in [6, 6.07) is -0.911. The molecule has 1 amide bonds. The third-order valence-corrected chi connectivity index (χ3v) is 19.2. The molecule has 9 N–H and O–H groups in total. The lowest BCUT2D eigenvalue weighted by molar-refractivity contribution is -0.359. The molecule has 2 aliphatic rings. The maximum atomic E-state index is 13.3. The van der Waals surface area contributed by atoms with Crippen molar-refractivity contribution in [3.63, 3.8) is 0 Å². The lowest BCUT2D eigenvalue weighted by Gasteiger charge is -2.46. The van der Waals surface area contributed by atoms with Crippen LogP contribution in [0.2, 0.25) is 0 Å². The molecule has 0 radical (unpaired) electrons. The van der Waals surface area contributed by atoms with E-state index in [2.05, 4.69) is 19.2 Å². The molecule has 0 aromatic heterocycles. The van der Waals surface area contributed by atoms with E-state index in [1.54, 1.807) is 6.08 Å². The zero-order valence-electron chi connectivity index (χ0n) is 57.7. The van der Waals surface area contributed by atoms with Crippen LogP contribution in [-0.4, -0.2) is 140 Å². The standard InChI is InChI=1S/C75H145NO13/c1-3-5-7-9-11-13-15-17-19-21-23-24-25-26-27-28-29-30-31-32-33-34-35-36-37-38-39-41-43-45-47-49-51-53-55-57-59-67(80)76-63(64(79)58-56-54-52-50-48-46-44-42-40-22-20-18-16-14-12-10-8-6-4-2)62-86-74-72(85)70(83)73(66(61-78)88-74)89-75-71(84)69(82)68(81)65(60-77)87-75/h56,58,63-66,68-75,77-79,81-85H,3-55,57,59-62H2,1-2H3,(H,76,80)/b58-56+. The normalized spacial score (nSPS) is 23.0. The Morgan fingerprint density at radius 1 is 0.393 bits per heavy atom. The Balaban J connectivity index is 1.58. The minimum absolute atomic E-state index is 0.230. The number of rotatable bonds is 65. The summed E-state index contributed by atoms with van der Waals surface area (Å²) in [5, 5.41) is 87.5. The minimum Gasteiger partial charge on any atom is -0.394 e. The van der Waals surface area contributed by atoms with Crippen LogP contribution in [0.3, 0.4) is 0 Å². The van der Waals surface area contributed by atoms with Gasteiger partial charge in [-0.05, 0) is 19.3 Å². The van der Waals surface area contributed by atoms with Crippen LogP contribution < -0.4 is 5.32 Å². The smallest absolute Gasteiger partial charge is 0.220 e. The quantitative estimate of drug-likeness (QED) is 0.0204. The molecule has 2 rings (SSSR count). The van der Waals surface area contributed by atoms with Gasteiger partial charge in [0.15, 0.2) is 12.6 Å². The van der Waals surface area contributed by atoms with Crippen molar-refractivity contribution in [3.8, 4) is 0 Å². The highest BCUT2D eigenvalue weighted by Crippen LogP contribution is 2.30. The lowest BCUT2D eigenvalue weighted by Crippen LogP contribution is -2.65. The number of nitrogens with one attached hydrogen (secondary N) is 1. The van der Waals surface area contributed by atoms with Gasteiger partial charge in [-0.25, -0.2) is 0 Å². The number of hydrogen-bond acceptors (Lipinski definition) is 13. The van der Waals surface area contributed by atoms with Gasteiger partial charge in [-0.1, -0.05) is 353 Å². The van der Waals surface area contributed by atoms with Gasteiger partial charge in [-0.2, -0.15) is 0 Å². The number of unbranched alkanes of at least 4 members (excludes halogenated alkanes) is 52. The number of aliphatic hydroxyl groups is 8. The Hall–Kier alpha value is -1.27.